The van der Waals surface area contributed by atoms with E-state index in [9.17, 15) is 0 Å². The van der Waals surface area contributed by atoms with E-state index >= 15 is 0 Å². The van der Waals surface area contributed by atoms with E-state index in [1.165, 1.54) is 22.8 Å². The van der Waals surface area contributed by atoms with Crippen molar-refractivity contribution in [3.05, 3.63) is 23.5 Å². The van der Waals surface area contributed by atoms with Gasteiger partial charge in [0.15, 0.2) is 0 Å². The van der Waals surface area contributed by atoms with Crippen molar-refractivity contribution in [2.45, 2.75) is 26.2 Å². The second kappa shape index (κ2) is 3.45. The molecule has 4 heteroatoms. The first-order valence-corrected chi connectivity index (χ1v) is 5.76. The summed E-state index contributed by atoms with van der Waals surface area (Å²) in [6.07, 6.45) is 3.82. The summed E-state index contributed by atoms with van der Waals surface area (Å²) in [5.41, 5.74) is 3.71. The van der Waals surface area contributed by atoms with Crippen LogP contribution in [0.1, 0.15) is 26.5 Å². The lowest BCUT2D eigenvalue weighted by Gasteiger charge is -2.20. The van der Waals surface area contributed by atoms with Crippen LogP contribution in [0.2, 0.25) is 0 Å². The third-order valence-corrected chi connectivity index (χ3v) is 2.98. The Morgan fingerprint density at radius 1 is 1.27 bits per heavy atom. The normalized spacial score (nSPS) is 12.0. The van der Waals surface area contributed by atoms with E-state index in [0.717, 1.165) is 5.56 Å². The zero-order valence-corrected chi connectivity index (χ0v) is 10.3. The van der Waals surface area contributed by atoms with Gasteiger partial charge in [-0.15, -0.1) is 0 Å². The van der Waals surface area contributed by atoms with Gasteiger partial charge in [0.05, 0.1) is 11.9 Å². The molecule has 0 saturated heterocycles. The van der Waals surface area contributed by atoms with Crippen LogP contribution in [0.3, 0.4) is 0 Å². The minimum atomic E-state index is 0.0997. The lowest BCUT2D eigenvalue weighted by Crippen LogP contribution is -2.17. The topological polar surface area (TPSA) is 30.7 Å². The Morgan fingerprint density at radius 2 is 2.00 bits per heavy atom. The third kappa shape index (κ3) is 1.81. The number of nitrogens with zero attached hydrogens (tertiary/aromatic N) is 3. The molecule has 80 valence electrons. The van der Waals surface area contributed by atoms with Crippen LogP contribution >= 0.6 is 11.5 Å². The highest BCUT2D eigenvalue weighted by molar-refractivity contribution is 7.03. The average Bonchev–Trinajstić information content (AvgIpc) is 2.68. The molecule has 0 radical (unpaired) electrons. The van der Waals surface area contributed by atoms with Crippen molar-refractivity contribution in [1.29, 1.82) is 0 Å². The Labute approximate surface area is 93.9 Å². The zero-order chi connectivity index (χ0) is 11.1. The molecule has 0 aromatic carbocycles. The van der Waals surface area contributed by atoms with E-state index in [1.54, 1.807) is 0 Å². The van der Waals surface area contributed by atoms with E-state index in [2.05, 4.69) is 35.6 Å². The highest BCUT2D eigenvalue weighted by atomic mass is 32.1. The van der Waals surface area contributed by atoms with Crippen LogP contribution in [0.25, 0.3) is 11.1 Å². The summed E-state index contributed by atoms with van der Waals surface area (Å²) in [5, 5.41) is 6.39. The maximum atomic E-state index is 4.33. The smallest absolute Gasteiger partial charge is 0.0572 e. The fourth-order valence-corrected chi connectivity index (χ4v) is 2.41. The monoisotopic (exact) mass is 221 g/mol. The summed E-state index contributed by atoms with van der Waals surface area (Å²) in [6, 6.07) is 0. The summed E-state index contributed by atoms with van der Waals surface area (Å²) in [6.45, 7) is 6.61. The quantitative estimate of drug-likeness (QED) is 0.741. The second-order valence-corrected chi connectivity index (χ2v) is 5.35. The maximum absolute atomic E-state index is 4.33. The van der Waals surface area contributed by atoms with Gasteiger partial charge in [-0.25, -0.2) is 4.37 Å². The number of hydrogen-bond donors (Lipinski definition) is 0. The van der Waals surface area contributed by atoms with Crippen LogP contribution in [0.4, 0.5) is 0 Å². The van der Waals surface area contributed by atoms with Crippen molar-refractivity contribution in [2.75, 3.05) is 0 Å². The molecule has 0 fully saturated rings. The largest absolute Gasteiger partial charge is 0.271 e. The van der Waals surface area contributed by atoms with Gasteiger partial charge in [0, 0.05) is 35.2 Å². The summed E-state index contributed by atoms with van der Waals surface area (Å²) >= 11 is 1.48. The van der Waals surface area contributed by atoms with Gasteiger partial charge in [-0.05, 0) is 11.5 Å². The zero-order valence-electron chi connectivity index (χ0n) is 9.48. The minimum absolute atomic E-state index is 0.0997. The van der Waals surface area contributed by atoms with Gasteiger partial charge in [-0.2, -0.15) is 5.10 Å². The van der Waals surface area contributed by atoms with Gasteiger partial charge in [-0.3, -0.25) is 4.68 Å². The van der Waals surface area contributed by atoms with Crippen molar-refractivity contribution < 1.29 is 0 Å². The molecule has 0 amide bonds. The Hall–Kier alpha value is -1.16. The molecule has 0 saturated carbocycles. The molecule has 0 unspecified atom stereocenters. The molecule has 2 aromatic heterocycles. The van der Waals surface area contributed by atoms with Crippen LogP contribution in [0, 0.1) is 0 Å². The summed E-state index contributed by atoms with van der Waals surface area (Å²) in [5.74, 6) is 0. The molecule has 2 heterocycles. The van der Waals surface area contributed by atoms with Crippen LogP contribution < -0.4 is 0 Å². The van der Waals surface area contributed by atoms with Gasteiger partial charge < -0.3 is 0 Å². The Kier molecular flexibility index (Phi) is 2.38. The van der Waals surface area contributed by atoms with E-state index in [4.69, 9.17) is 0 Å². The van der Waals surface area contributed by atoms with Crippen molar-refractivity contribution in [3.8, 4) is 11.1 Å². The highest BCUT2D eigenvalue weighted by Gasteiger charge is 2.23. The van der Waals surface area contributed by atoms with Gasteiger partial charge in [0.1, 0.15) is 0 Å². The number of rotatable bonds is 1. The van der Waals surface area contributed by atoms with Gasteiger partial charge >= 0.3 is 0 Å². The minimum Gasteiger partial charge on any atom is -0.271 e. The molecular weight excluding hydrogens is 206 g/mol. The standard InChI is InChI=1S/C11H15N3S/c1-11(2,3)10-9(6-12-14(10)4)8-5-13-15-7-8/h5-7H,1-4H3. The molecule has 0 spiro atoms. The van der Waals surface area contributed by atoms with E-state index in [1.807, 2.05) is 24.1 Å². The van der Waals surface area contributed by atoms with Gasteiger partial charge in [-0.1, -0.05) is 20.8 Å². The Balaban J connectivity index is 2.59. The SMILES string of the molecule is Cn1ncc(-c2cnsc2)c1C(C)(C)C. The van der Waals surface area contributed by atoms with Crippen LogP contribution in [-0.2, 0) is 12.5 Å². The number of aromatic nitrogens is 3. The summed E-state index contributed by atoms with van der Waals surface area (Å²) in [7, 11) is 1.99. The fraction of sp³-hybridized carbons (Fsp3) is 0.455. The predicted molar refractivity (Wildman–Crippen MR) is 63.0 cm³/mol. The molecule has 0 aliphatic heterocycles. The molecule has 2 aromatic rings. The summed E-state index contributed by atoms with van der Waals surface area (Å²) in [4.78, 5) is 0. The van der Waals surface area contributed by atoms with E-state index in [0.29, 0.717) is 0 Å². The second-order valence-electron chi connectivity index (χ2n) is 4.69. The van der Waals surface area contributed by atoms with Crippen molar-refractivity contribution in [2.24, 2.45) is 7.05 Å². The molecule has 0 aliphatic carbocycles. The first kappa shape index (κ1) is 10.4. The Morgan fingerprint density at radius 3 is 2.53 bits per heavy atom. The van der Waals surface area contributed by atoms with Gasteiger partial charge in [0.2, 0.25) is 0 Å². The van der Waals surface area contributed by atoms with Gasteiger partial charge in [0.25, 0.3) is 0 Å². The van der Waals surface area contributed by atoms with Crippen molar-refractivity contribution in [1.82, 2.24) is 14.2 Å². The fourth-order valence-electron chi connectivity index (χ4n) is 1.88. The molecule has 15 heavy (non-hydrogen) atoms. The maximum Gasteiger partial charge on any atom is 0.0572 e. The molecule has 0 atom stereocenters. The molecule has 0 aliphatic rings. The third-order valence-electron chi connectivity index (χ3n) is 2.39. The van der Waals surface area contributed by atoms with Crippen molar-refractivity contribution in [3.63, 3.8) is 0 Å². The van der Waals surface area contributed by atoms with Crippen LogP contribution in [0.5, 0.6) is 0 Å². The number of hydrogen-bond acceptors (Lipinski definition) is 3. The molecule has 3 nitrogen and oxygen atoms in total. The molecule has 0 bridgehead atoms. The highest BCUT2D eigenvalue weighted by Crippen LogP contribution is 2.32. The first-order chi connectivity index (χ1) is 7.00. The summed E-state index contributed by atoms with van der Waals surface area (Å²) < 4.78 is 6.09. The Bertz CT molecular complexity index is 449. The lowest BCUT2D eigenvalue weighted by atomic mass is 9.88. The van der Waals surface area contributed by atoms with Crippen molar-refractivity contribution >= 4 is 11.5 Å². The lowest BCUT2D eigenvalue weighted by molar-refractivity contribution is 0.524. The molecule has 2 rings (SSSR count). The van der Waals surface area contributed by atoms with E-state index < -0.39 is 0 Å². The molecular formula is C11H15N3S. The predicted octanol–water partition coefficient (Wildman–Crippen LogP) is 2.84. The number of aryl methyl sites for hydroxylation is 1. The van der Waals surface area contributed by atoms with Crippen LogP contribution in [-0.4, -0.2) is 14.2 Å². The van der Waals surface area contributed by atoms with E-state index in [-0.39, 0.29) is 5.41 Å². The molecule has 0 N–H and O–H groups in total. The van der Waals surface area contributed by atoms with Crippen LogP contribution in [0.15, 0.2) is 17.8 Å². The average molecular weight is 221 g/mol. The first-order valence-electron chi connectivity index (χ1n) is 4.92.